The van der Waals surface area contributed by atoms with Crippen molar-refractivity contribution in [3.05, 3.63) is 0 Å². The van der Waals surface area contributed by atoms with Crippen molar-refractivity contribution in [3.63, 3.8) is 0 Å². The van der Waals surface area contributed by atoms with Gasteiger partial charge in [0.05, 0.1) is 0 Å². The molecule has 41 heteroatoms. The van der Waals surface area contributed by atoms with Crippen molar-refractivity contribution in [2.24, 2.45) is 5.73 Å². The molecule has 4 atom stereocenters. The van der Waals surface area contributed by atoms with Gasteiger partial charge in [0, 0.05) is 0 Å². The van der Waals surface area contributed by atoms with Gasteiger partial charge in [0.15, 0.2) is 0 Å². The number of nitrogens with two attached hydrogens (primary N) is 1. The van der Waals surface area contributed by atoms with E-state index in [1.165, 1.54) is 0 Å². The highest BCUT2D eigenvalue weighted by Crippen LogP contribution is 2.70. The molecule has 0 saturated carbocycles. The van der Waals surface area contributed by atoms with Gasteiger partial charge in [-0.15, -0.1) is 0 Å². The van der Waals surface area contributed by atoms with Crippen LogP contribution < -0.4 is 5.73 Å². The lowest BCUT2D eigenvalue weighted by Crippen LogP contribution is -2.85. The van der Waals surface area contributed by atoms with Gasteiger partial charge in [-0.2, -0.15) is 145 Å². The molecule has 0 aromatic carbocycles. The zero-order valence-corrected chi connectivity index (χ0v) is 26.1. The zero-order valence-electron chi connectivity index (χ0n) is 26.1. The van der Waals surface area contributed by atoms with Crippen LogP contribution in [0.25, 0.3) is 0 Å². The van der Waals surface area contributed by atoms with Crippen molar-refractivity contribution < 1.29 is 180 Å². The first-order valence-electron chi connectivity index (χ1n) is 12.8. The van der Waals surface area contributed by atoms with E-state index in [9.17, 15) is 159 Å². The van der Waals surface area contributed by atoms with Gasteiger partial charge in [-0.05, 0) is 0 Å². The predicted octanol–water partition coefficient (Wildman–Crippen LogP) is 6.58. The highest BCUT2D eigenvalue weighted by Gasteiger charge is 3.02. The standard InChI is InChI=1S/C20H7F34NO6/c21-3(22,2(57,1(55)56)16(47,58)17(48,59)18(49,60)20(53,54)61)4(23,24)5(25,26)6(27,28)7(29,30)8(31,32)9(33,34)10(35,36)11(37,38)12(39,40)13(41,42)14(43,44)15(45,46)19(50,51)52/h57-61H,(H2,55,56)/t2-,16-,17+,18+/m1/s1. The molecule has 0 aromatic heterocycles. The van der Waals surface area contributed by atoms with E-state index in [1.54, 1.807) is 0 Å². The minimum Gasteiger partial charge on any atom is -0.370 e. The maximum Gasteiger partial charge on any atom is 0.460 e. The second kappa shape index (κ2) is 13.7. The van der Waals surface area contributed by atoms with Crippen LogP contribution in [0.1, 0.15) is 0 Å². The van der Waals surface area contributed by atoms with Crippen LogP contribution in [0, 0.1) is 0 Å². The zero-order chi connectivity index (χ0) is 51.1. The molecule has 7 N–H and O–H groups in total. The number of carbonyl (C=O) groups excluding carboxylic acids is 1. The van der Waals surface area contributed by atoms with Crippen LogP contribution >= 0.6 is 0 Å². The second-order valence-corrected chi connectivity index (χ2v) is 11.4. The first-order valence-corrected chi connectivity index (χ1v) is 12.8. The van der Waals surface area contributed by atoms with Crippen LogP contribution in [0.4, 0.5) is 149 Å². The molecule has 7 nitrogen and oxygen atoms in total. The Morgan fingerprint density at radius 1 is 0.262 bits per heavy atom. The summed E-state index contributed by atoms with van der Waals surface area (Å²) in [5, 5.41) is 43.1. The number of hydrogen-bond donors (Lipinski definition) is 6. The van der Waals surface area contributed by atoms with E-state index in [2.05, 4.69) is 5.73 Å². The number of halogens is 34. The Kier molecular flexibility index (Phi) is 13.0. The summed E-state index contributed by atoms with van der Waals surface area (Å²) in [7, 11) is 0. The Labute approximate surface area is 305 Å². The van der Waals surface area contributed by atoms with Gasteiger partial charge in [0.25, 0.3) is 11.5 Å². The molecule has 0 aromatic rings. The Bertz CT molecular complexity index is 1660. The molecule has 0 fully saturated rings. The first kappa shape index (κ1) is 57.9. The smallest absolute Gasteiger partial charge is 0.370 e. The van der Waals surface area contributed by atoms with Crippen molar-refractivity contribution in [3.8, 4) is 0 Å². The number of alkyl halides is 34. The van der Waals surface area contributed by atoms with Crippen LogP contribution in [-0.2, 0) is 4.79 Å². The molecule has 61 heavy (non-hydrogen) atoms. The maximum atomic E-state index is 14.6. The average molecular weight is 1000 g/mol. The summed E-state index contributed by atoms with van der Waals surface area (Å²) in [6.45, 7) is 0. The summed E-state index contributed by atoms with van der Waals surface area (Å²) in [4.78, 5) is 11.2. The fourth-order valence-electron chi connectivity index (χ4n) is 3.76. The van der Waals surface area contributed by atoms with Gasteiger partial charge < -0.3 is 31.3 Å². The number of aliphatic hydroxyl groups is 5. The topological polar surface area (TPSA) is 144 Å². The van der Waals surface area contributed by atoms with Gasteiger partial charge in [0.1, 0.15) is 0 Å². The lowest BCUT2D eigenvalue weighted by atomic mass is 9.74. The van der Waals surface area contributed by atoms with E-state index in [0.717, 1.165) is 0 Å². The molecule has 0 saturated heterocycles. The van der Waals surface area contributed by atoms with Gasteiger partial charge in [-0.1, -0.05) is 0 Å². The van der Waals surface area contributed by atoms with Gasteiger partial charge >= 0.3 is 107 Å². The summed E-state index contributed by atoms with van der Waals surface area (Å²) in [6, 6.07) is 0. The van der Waals surface area contributed by atoms with Crippen LogP contribution in [0.3, 0.4) is 0 Å². The highest BCUT2D eigenvalue weighted by molar-refractivity contribution is 5.86. The predicted molar refractivity (Wildman–Crippen MR) is 110 cm³/mol. The monoisotopic (exact) mass is 1000 g/mol. The number of carbonyl (C=O) groups is 1. The van der Waals surface area contributed by atoms with E-state index in [4.69, 9.17) is 20.4 Å². The normalized spacial score (nSPS) is 20.4. The van der Waals surface area contributed by atoms with Gasteiger partial charge in [-0.25, -0.2) is 4.39 Å². The van der Waals surface area contributed by atoms with E-state index in [0.29, 0.717) is 0 Å². The molecular formula is C20H7F34NO6. The SMILES string of the molecule is NC(=O)[C@@](O)(C(F)(F)C(F)(F)C(F)(F)C(F)(F)C(F)(F)C(F)(F)C(F)(F)C(F)(F)C(F)(F)C(F)(F)C(F)(F)C(F)(F)C(F)(F)C(F)(F)F)[C@](O)(F)[C@@](O)(F)[C@@](O)(F)C(O)(F)F. The quantitative estimate of drug-likeness (QED) is 0.0857. The third-order valence-electron chi connectivity index (χ3n) is 7.66. The number of primary amides is 1. The second-order valence-electron chi connectivity index (χ2n) is 11.4. The molecule has 0 radical (unpaired) electrons. The number of rotatable bonds is 18. The summed E-state index contributed by atoms with van der Waals surface area (Å²) in [5.74, 6) is -160. The summed E-state index contributed by atoms with van der Waals surface area (Å²) < 4.78 is 465. The summed E-state index contributed by atoms with van der Waals surface area (Å²) in [5.41, 5.74) is -5.06. The summed E-state index contributed by atoms with van der Waals surface area (Å²) >= 11 is 0. The Hall–Kier alpha value is -3.11. The van der Waals surface area contributed by atoms with Crippen LogP contribution in [-0.4, -0.2) is 144 Å². The van der Waals surface area contributed by atoms with Gasteiger partial charge in [-0.3, -0.25) is 4.79 Å². The van der Waals surface area contributed by atoms with Crippen molar-refractivity contribution in [2.45, 2.75) is 112 Å². The van der Waals surface area contributed by atoms with Crippen molar-refractivity contribution in [2.75, 3.05) is 0 Å². The molecule has 0 bridgehead atoms. The number of hydrogen-bond acceptors (Lipinski definition) is 6. The van der Waals surface area contributed by atoms with Gasteiger partial charge in [0.2, 0.25) is 0 Å². The highest BCUT2D eigenvalue weighted by atomic mass is 19.4. The lowest BCUT2D eigenvalue weighted by Gasteiger charge is -2.50. The third kappa shape index (κ3) is 6.30. The van der Waals surface area contributed by atoms with Crippen LogP contribution in [0.2, 0.25) is 0 Å². The third-order valence-corrected chi connectivity index (χ3v) is 7.66. The van der Waals surface area contributed by atoms with E-state index in [-0.39, 0.29) is 0 Å². The van der Waals surface area contributed by atoms with E-state index >= 15 is 0 Å². The molecule has 366 valence electrons. The molecule has 0 unspecified atom stereocenters. The minimum atomic E-state index is -10.4. The van der Waals surface area contributed by atoms with E-state index < -0.39 is 118 Å². The van der Waals surface area contributed by atoms with Crippen LogP contribution in [0.15, 0.2) is 0 Å². The fourth-order valence-corrected chi connectivity index (χ4v) is 3.76. The van der Waals surface area contributed by atoms with Crippen LogP contribution in [0.5, 0.6) is 0 Å². The van der Waals surface area contributed by atoms with Crippen molar-refractivity contribution in [1.82, 2.24) is 0 Å². The van der Waals surface area contributed by atoms with E-state index in [1.807, 2.05) is 0 Å². The Morgan fingerprint density at radius 3 is 0.574 bits per heavy atom. The number of amides is 1. The molecule has 0 aliphatic heterocycles. The molecule has 0 aliphatic carbocycles. The summed E-state index contributed by atoms with van der Waals surface area (Å²) in [6.07, 6.45) is -16.0. The van der Waals surface area contributed by atoms with Crippen molar-refractivity contribution in [1.29, 1.82) is 0 Å². The average Bonchev–Trinajstić information content (AvgIpc) is 3.01. The van der Waals surface area contributed by atoms with Crippen molar-refractivity contribution >= 4 is 5.91 Å². The lowest BCUT2D eigenvalue weighted by molar-refractivity contribution is -0.504. The first-order chi connectivity index (χ1) is 25.4. The fraction of sp³-hybridized carbons (Fsp3) is 0.950. The molecular weight excluding hydrogens is 996 g/mol. The minimum absolute atomic E-state index is 3.43. The maximum absolute atomic E-state index is 14.6. The molecule has 0 aliphatic rings. The molecule has 1 amide bonds. The molecule has 0 spiro atoms. The Balaban J connectivity index is 8.15. The largest absolute Gasteiger partial charge is 0.460 e. The molecule has 0 heterocycles. The molecule has 0 rings (SSSR count). The Morgan fingerprint density at radius 2 is 0.426 bits per heavy atom.